The number of carbonyl (C=O) groups excluding carboxylic acids is 1. The monoisotopic (exact) mass is 316 g/mol. The van der Waals surface area contributed by atoms with Gasteiger partial charge in [0.25, 0.3) is 0 Å². The van der Waals surface area contributed by atoms with E-state index in [1.54, 1.807) is 0 Å². The van der Waals surface area contributed by atoms with Gasteiger partial charge >= 0.3 is 6.03 Å². The third kappa shape index (κ3) is 2.93. The van der Waals surface area contributed by atoms with E-state index in [0.29, 0.717) is 25.3 Å². The van der Waals surface area contributed by atoms with Gasteiger partial charge in [-0.1, -0.05) is 6.07 Å². The van der Waals surface area contributed by atoms with Crippen LogP contribution in [0.25, 0.3) is 0 Å². The van der Waals surface area contributed by atoms with Crippen LogP contribution in [0.5, 0.6) is 0 Å². The molecule has 124 valence electrons. The Morgan fingerprint density at radius 3 is 2.74 bits per heavy atom. The second-order valence-corrected chi connectivity index (χ2v) is 6.58. The van der Waals surface area contributed by atoms with Gasteiger partial charge in [0.05, 0.1) is 24.9 Å². The molecule has 1 aromatic rings. The average molecular weight is 316 g/mol. The number of hydrogen-bond donors (Lipinski definition) is 0. The number of pyridine rings is 1. The molecule has 3 aliphatic rings. The molecule has 0 N–H and O–H groups in total. The van der Waals surface area contributed by atoms with Crippen LogP contribution >= 0.6 is 0 Å². The van der Waals surface area contributed by atoms with Gasteiger partial charge < -0.3 is 14.5 Å². The average Bonchev–Trinajstić information content (AvgIpc) is 3.19. The highest BCUT2D eigenvalue weighted by Crippen LogP contribution is 2.33. The first-order chi connectivity index (χ1) is 11.3. The Kier molecular flexibility index (Phi) is 4.18. The van der Waals surface area contributed by atoms with Crippen LogP contribution in [0, 0.1) is 0 Å². The molecular formula is C17H24N4O2. The fourth-order valence-corrected chi connectivity index (χ4v) is 4.15. The molecule has 3 saturated heterocycles. The highest BCUT2D eigenvalue weighted by atomic mass is 16.5. The summed E-state index contributed by atoms with van der Waals surface area (Å²) in [5, 5.41) is 0. The molecule has 0 aromatic carbocycles. The number of rotatable bonds is 2. The van der Waals surface area contributed by atoms with E-state index in [1.807, 2.05) is 23.2 Å². The number of ether oxygens (including phenoxy) is 1. The van der Waals surface area contributed by atoms with Crippen molar-refractivity contribution in [1.29, 1.82) is 0 Å². The maximum Gasteiger partial charge on any atom is 0.320 e. The van der Waals surface area contributed by atoms with Gasteiger partial charge in [-0.15, -0.1) is 0 Å². The lowest BCUT2D eigenvalue weighted by atomic mass is 10.1. The smallest absolute Gasteiger partial charge is 0.320 e. The Labute approximate surface area is 137 Å². The van der Waals surface area contributed by atoms with Gasteiger partial charge in [-0.05, 0) is 25.0 Å². The van der Waals surface area contributed by atoms with Crippen LogP contribution in [-0.4, -0.2) is 77.2 Å². The van der Waals surface area contributed by atoms with Crippen molar-refractivity contribution in [3.8, 4) is 0 Å². The molecule has 0 aliphatic carbocycles. The molecule has 4 rings (SSSR count). The molecule has 0 spiro atoms. The van der Waals surface area contributed by atoms with Gasteiger partial charge in [0.15, 0.2) is 0 Å². The van der Waals surface area contributed by atoms with E-state index in [4.69, 9.17) is 4.74 Å². The van der Waals surface area contributed by atoms with Crippen LogP contribution in [0.15, 0.2) is 24.4 Å². The number of hydrogen-bond acceptors (Lipinski definition) is 4. The third-order valence-electron chi connectivity index (χ3n) is 5.31. The number of aromatic nitrogens is 1. The predicted molar refractivity (Wildman–Crippen MR) is 86.0 cm³/mol. The Balaban J connectivity index is 1.40. The van der Waals surface area contributed by atoms with E-state index in [9.17, 15) is 4.79 Å². The topological polar surface area (TPSA) is 48.9 Å². The zero-order valence-electron chi connectivity index (χ0n) is 13.4. The molecule has 3 aliphatic heterocycles. The summed E-state index contributed by atoms with van der Waals surface area (Å²) < 4.78 is 5.36. The van der Waals surface area contributed by atoms with Crippen LogP contribution in [0.4, 0.5) is 4.79 Å². The van der Waals surface area contributed by atoms with Crippen LogP contribution in [0.3, 0.4) is 0 Å². The van der Waals surface area contributed by atoms with E-state index in [2.05, 4.69) is 20.9 Å². The third-order valence-corrected chi connectivity index (χ3v) is 5.31. The minimum absolute atomic E-state index is 0.209. The number of urea groups is 1. The summed E-state index contributed by atoms with van der Waals surface area (Å²) in [5.41, 5.74) is 1.12. The zero-order chi connectivity index (χ0) is 15.6. The van der Waals surface area contributed by atoms with Crippen molar-refractivity contribution < 1.29 is 9.53 Å². The number of fused-ring (bicyclic) bond motifs is 1. The first-order valence-electron chi connectivity index (χ1n) is 8.60. The van der Waals surface area contributed by atoms with Crippen molar-refractivity contribution in [1.82, 2.24) is 19.7 Å². The van der Waals surface area contributed by atoms with E-state index in [1.165, 1.54) is 0 Å². The molecule has 23 heavy (non-hydrogen) atoms. The SMILES string of the molecule is O=C(N1CCOCC1)N1CC[C@@H]2[C@@H]1CCN2Cc1ccccn1. The molecule has 6 nitrogen and oxygen atoms in total. The van der Waals surface area contributed by atoms with Gasteiger partial charge in [-0.3, -0.25) is 9.88 Å². The molecule has 0 bridgehead atoms. The maximum absolute atomic E-state index is 12.8. The number of likely N-dealkylation sites (tertiary alicyclic amines) is 2. The summed E-state index contributed by atoms with van der Waals surface area (Å²) in [6.45, 7) is 5.61. The number of carbonyl (C=O) groups is 1. The van der Waals surface area contributed by atoms with Crippen molar-refractivity contribution in [2.75, 3.05) is 39.4 Å². The first kappa shape index (κ1) is 14.9. The number of nitrogens with zero attached hydrogens (tertiary/aromatic N) is 4. The van der Waals surface area contributed by atoms with Gasteiger partial charge in [0.1, 0.15) is 0 Å². The Morgan fingerprint density at radius 2 is 1.96 bits per heavy atom. The molecule has 0 radical (unpaired) electrons. The van der Waals surface area contributed by atoms with Gasteiger partial charge in [-0.2, -0.15) is 0 Å². The summed E-state index contributed by atoms with van der Waals surface area (Å²) in [6.07, 6.45) is 4.01. The second-order valence-electron chi connectivity index (χ2n) is 6.58. The van der Waals surface area contributed by atoms with E-state index < -0.39 is 0 Å². The lowest BCUT2D eigenvalue weighted by Gasteiger charge is -2.33. The van der Waals surface area contributed by atoms with Crippen molar-refractivity contribution in [2.24, 2.45) is 0 Å². The quantitative estimate of drug-likeness (QED) is 0.822. The largest absolute Gasteiger partial charge is 0.378 e. The molecule has 2 amide bonds. The molecule has 3 fully saturated rings. The summed E-state index contributed by atoms with van der Waals surface area (Å²) in [6, 6.07) is 7.14. The van der Waals surface area contributed by atoms with Crippen LogP contribution < -0.4 is 0 Å². The van der Waals surface area contributed by atoms with Crippen LogP contribution in [0.1, 0.15) is 18.5 Å². The van der Waals surface area contributed by atoms with Crippen LogP contribution in [-0.2, 0) is 11.3 Å². The standard InChI is InChI=1S/C17H24N4O2/c22-17(19-9-11-23-12-10-19)21-8-5-15-16(21)4-7-20(15)13-14-3-1-2-6-18-14/h1-3,6,15-16H,4-5,7-13H2/t15-,16+/m1/s1. The van der Waals surface area contributed by atoms with Gasteiger partial charge in [0, 0.05) is 45.0 Å². The lowest BCUT2D eigenvalue weighted by Crippen LogP contribution is -2.50. The molecule has 2 atom stereocenters. The number of morpholine rings is 1. The van der Waals surface area contributed by atoms with Crippen molar-refractivity contribution in [2.45, 2.75) is 31.5 Å². The lowest BCUT2D eigenvalue weighted by molar-refractivity contribution is 0.0420. The van der Waals surface area contributed by atoms with Crippen molar-refractivity contribution in [3.63, 3.8) is 0 Å². The highest BCUT2D eigenvalue weighted by molar-refractivity contribution is 5.75. The summed E-state index contributed by atoms with van der Waals surface area (Å²) in [5.74, 6) is 0. The normalized spacial score (nSPS) is 28.2. The molecule has 0 saturated carbocycles. The summed E-state index contributed by atoms with van der Waals surface area (Å²) >= 11 is 0. The first-order valence-corrected chi connectivity index (χ1v) is 8.60. The maximum atomic E-state index is 12.8. The Bertz CT molecular complexity index is 547. The molecular weight excluding hydrogens is 292 g/mol. The second kappa shape index (κ2) is 6.45. The zero-order valence-corrected chi connectivity index (χ0v) is 13.4. The molecule has 1 aromatic heterocycles. The minimum atomic E-state index is 0.209. The Hall–Kier alpha value is -1.66. The summed E-state index contributed by atoms with van der Waals surface area (Å²) in [4.78, 5) is 23.8. The van der Waals surface area contributed by atoms with Gasteiger partial charge in [-0.25, -0.2) is 4.79 Å². The van der Waals surface area contributed by atoms with E-state index in [0.717, 1.165) is 51.3 Å². The predicted octanol–water partition coefficient (Wildman–Crippen LogP) is 1.18. The van der Waals surface area contributed by atoms with E-state index in [-0.39, 0.29) is 6.03 Å². The summed E-state index contributed by atoms with van der Waals surface area (Å²) in [7, 11) is 0. The fourth-order valence-electron chi connectivity index (χ4n) is 4.15. The minimum Gasteiger partial charge on any atom is -0.378 e. The number of amides is 2. The molecule has 6 heteroatoms. The van der Waals surface area contributed by atoms with Gasteiger partial charge in [0.2, 0.25) is 0 Å². The Morgan fingerprint density at radius 1 is 1.13 bits per heavy atom. The van der Waals surface area contributed by atoms with E-state index >= 15 is 0 Å². The fraction of sp³-hybridized carbons (Fsp3) is 0.647. The van der Waals surface area contributed by atoms with Crippen LogP contribution in [0.2, 0.25) is 0 Å². The molecule has 0 unspecified atom stereocenters. The van der Waals surface area contributed by atoms with Crippen molar-refractivity contribution in [3.05, 3.63) is 30.1 Å². The molecule has 4 heterocycles. The highest BCUT2D eigenvalue weighted by Gasteiger charge is 2.45. The van der Waals surface area contributed by atoms with Crippen molar-refractivity contribution >= 4 is 6.03 Å².